The number of nitrogens with zero attached hydrogens (tertiary/aromatic N) is 3. The third-order valence-electron chi connectivity index (χ3n) is 4.40. The minimum atomic E-state index is -3.43. The molecule has 3 heterocycles. The zero-order valence-electron chi connectivity index (χ0n) is 12.8. The first-order valence-corrected chi connectivity index (χ1v) is 9.68. The van der Waals surface area contributed by atoms with Gasteiger partial charge < -0.3 is 9.80 Å². The maximum Gasteiger partial charge on any atom is 0.252 e. The summed E-state index contributed by atoms with van der Waals surface area (Å²) >= 11 is 1.23. The van der Waals surface area contributed by atoms with Gasteiger partial charge in [-0.25, -0.2) is 8.42 Å². The fourth-order valence-electron chi connectivity index (χ4n) is 3.16. The normalized spacial score (nSPS) is 26.1. The molecule has 1 aromatic heterocycles. The second-order valence-electron chi connectivity index (χ2n) is 6.21. The summed E-state index contributed by atoms with van der Waals surface area (Å²) in [5.41, 5.74) is 0. The van der Waals surface area contributed by atoms with Crippen molar-refractivity contribution in [1.82, 2.24) is 14.1 Å². The maximum absolute atomic E-state index is 12.5. The molecular weight excluding hydrogens is 322 g/mol. The van der Waals surface area contributed by atoms with E-state index in [-0.39, 0.29) is 17.7 Å². The Morgan fingerprint density at radius 3 is 2.68 bits per heavy atom. The van der Waals surface area contributed by atoms with Crippen molar-refractivity contribution in [2.45, 2.75) is 4.21 Å². The van der Waals surface area contributed by atoms with Gasteiger partial charge in [0.05, 0.1) is 5.92 Å². The van der Waals surface area contributed by atoms with Crippen LogP contribution < -0.4 is 0 Å². The summed E-state index contributed by atoms with van der Waals surface area (Å²) in [6.07, 6.45) is 0. The van der Waals surface area contributed by atoms with Crippen LogP contribution in [0.15, 0.2) is 21.7 Å². The van der Waals surface area contributed by atoms with Crippen LogP contribution in [0.1, 0.15) is 0 Å². The van der Waals surface area contributed by atoms with E-state index in [1.54, 1.807) is 17.5 Å². The van der Waals surface area contributed by atoms with E-state index >= 15 is 0 Å². The van der Waals surface area contributed by atoms with E-state index in [2.05, 4.69) is 4.90 Å². The molecule has 2 aliphatic heterocycles. The molecule has 0 bridgehead atoms. The van der Waals surface area contributed by atoms with Crippen LogP contribution in [0.5, 0.6) is 0 Å². The van der Waals surface area contributed by atoms with Crippen molar-refractivity contribution in [2.75, 3.05) is 46.8 Å². The Bertz CT molecular complexity index is 642. The van der Waals surface area contributed by atoms with Crippen molar-refractivity contribution in [2.24, 2.45) is 11.8 Å². The molecule has 122 valence electrons. The zero-order chi connectivity index (χ0) is 15.9. The molecule has 0 unspecified atom stereocenters. The van der Waals surface area contributed by atoms with E-state index in [0.29, 0.717) is 23.8 Å². The van der Waals surface area contributed by atoms with Gasteiger partial charge in [0.1, 0.15) is 4.21 Å². The fourth-order valence-corrected chi connectivity index (χ4v) is 5.83. The van der Waals surface area contributed by atoms with Gasteiger partial charge in [0.2, 0.25) is 5.91 Å². The smallest absolute Gasteiger partial charge is 0.252 e. The summed E-state index contributed by atoms with van der Waals surface area (Å²) in [5, 5.41) is 1.76. The lowest BCUT2D eigenvalue weighted by atomic mass is 10.0. The van der Waals surface area contributed by atoms with Crippen LogP contribution in [0.3, 0.4) is 0 Å². The molecule has 1 aromatic rings. The second kappa shape index (κ2) is 5.92. The number of likely N-dealkylation sites (N-methyl/N-ethyl adjacent to an activating group) is 1. The quantitative estimate of drug-likeness (QED) is 0.776. The number of carbonyl (C=O) groups is 1. The number of likely N-dealkylation sites (tertiary alicyclic amines) is 1. The van der Waals surface area contributed by atoms with Crippen molar-refractivity contribution < 1.29 is 13.2 Å². The number of sulfonamides is 1. The van der Waals surface area contributed by atoms with Gasteiger partial charge in [-0.3, -0.25) is 4.79 Å². The van der Waals surface area contributed by atoms with E-state index in [1.807, 2.05) is 19.0 Å². The third-order valence-corrected chi connectivity index (χ3v) is 7.60. The van der Waals surface area contributed by atoms with Crippen LogP contribution in [0.2, 0.25) is 0 Å². The number of fused-ring (bicyclic) bond motifs is 1. The molecule has 0 aliphatic carbocycles. The van der Waals surface area contributed by atoms with E-state index in [0.717, 1.165) is 13.1 Å². The second-order valence-corrected chi connectivity index (χ2v) is 9.32. The lowest BCUT2D eigenvalue weighted by molar-refractivity contribution is -0.131. The largest absolute Gasteiger partial charge is 0.341 e. The Kier molecular flexibility index (Phi) is 4.28. The third kappa shape index (κ3) is 2.80. The van der Waals surface area contributed by atoms with Crippen LogP contribution in [-0.2, 0) is 14.8 Å². The average Bonchev–Trinajstić information content (AvgIpc) is 3.14. The molecular formula is C14H21N3O3S2. The monoisotopic (exact) mass is 343 g/mol. The van der Waals surface area contributed by atoms with Crippen LogP contribution >= 0.6 is 11.3 Å². The van der Waals surface area contributed by atoms with Gasteiger partial charge in [-0.15, -0.1) is 11.3 Å². The Morgan fingerprint density at radius 1 is 1.32 bits per heavy atom. The number of hydrogen-bond acceptors (Lipinski definition) is 5. The van der Waals surface area contributed by atoms with Crippen LogP contribution in [0.4, 0.5) is 0 Å². The molecule has 0 N–H and O–H groups in total. The highest BCUT2D eigenvalue weighted by Gasteiger charge is 2.49. The molecule has 2 fully saturated rings. The molecule has 0 radical (unpaired) electrons. The lowest BCUT2D eigenvalue weighted by Crippen LogP contribution is -2.38. The number of rotatable bonds is 5. The lowest BCUT2D eigenvalue weighted by Gasteiger charge is -2.22. The van der Waals surface area contributed by atoms with Crippen molar-refractivity contribution in [1.29, 1.82) is 0 Å². The topological polar surface area (TPSA) is 60.9 Å². The Hall–Kier alpha value is -0.960. The minimum Gasteiger partial charge on any atom is -0.341 e. The van der Waals surface area contributed by atoms with Gasteiger partial charge in [-0.1, -0.05) is 6.07 Å². The highest BCUT2D eigenvalue weighted by Crippen LogP contribution is 2.35. The Morgan fingerprint density at radius 2 is 2.09 bits per heavy atom. The van der Waals surface area contributed by atoms with Crippen molar-refractivity contribution in [3.8, 4) is 0 Å². The average molecular weight is 343 g/mol. The van der Waals surface area contributed by atoms with E-state index in [4.69, 9.17) is 0 Å². The molecule has 6 nitrogen and oxygen atoms in total. The molecule has 3 rings (SSSR count). The molecule has 0 saturated carbocycles. The van der Waals surface area contributed by atoms with Crippen molar-refractivity contribution >= 4 is 27.3 Å². The number of carbonyl (C=O) groups excluding carboxylic acids is 1. The fraction of sp³-hybridized carbons (Fsp3) is 0.643. The minimum absolute atomic E-state index is 0.107. The molecule has 0 spiro atoms. The molecule has 8 heteroatoms. The van der Waals surface area contributed by atoms with Gasteiger partial charge >= 0.3 is 0 Å². The number of hydrogen-bond donors (Lipinski definition) is 0. The van der Waals surface area contributed by atoms with Crippen LogP contribution in [-0.4, -0.2) is 75.2 Å². The molecule has 2 aliphatic rings. The predicted molar refractivity (Wildman–Crippen MR) is 85.2 cm³/mol. The first kappa shape index (κ1) is 15.9. The summed E-state index contributed by atoms with van der Waals surface area (Å²) in [4.78, 5) is 16.4. The molecule has 1 amide bonds. The van der Waals surface area contributed by atoms with E-state index < -0.39 is 10.0 Å². The standard InChI is InChI=1S/C14H21N3O3S2/c1-15(2)5-6-16-8-11-9-17(10-12(11)14(16)18)22(19,20)13-4-3-7-21-13/h3-4,7,11-12H,5-6,8-10H2,1-2H3/t11-,12-/m1/s1. The zero-order valence-corrected chi connectivity index (χ0v) is 14.4. The van der Waals surface area contributed by atoms with Gasteiger partial charge in [0.15, 0.2) is 0 Å². The number of amides is 1. The van der Waals surface area contributed by atoms with Gasteiger partial charge in [0.25, 0.3) is 10.0 Å². The maximum atomic E-state index is 12.5. The summed E-state index contributed by atoms with van der Waals surface area (Å²) < 4.78 is 26.9. The summed E-state index contributed by atoms with van der Waals surface area (Å²) in [6.45, 7) is 3.00. The first-order chi connectivity index (χ1) is 10.4. The highest BCUT2D eigenvalue weighted by atomic mass is 32.2. The number of thiophene rings is 1. The Balaban J connectivity index is 1.67. The SMILES string of the molecule is CN(C)CCN1C[C@@H]2CN(S(=O)(=O)c3cccs3)C[C@H]2C1=O. The van der Waals surface area contributed by atoms with E-state index in [1.165, 1.54) is 15.6 Å². The highest BCUT2D eigenvalue weighted by molar-refractivity contribution is 7.91. The van der Waals surface area contributed by atoms with Gasteiger partial charge in [-0.05, 0) is 25.5 Å². The van der Waals surface area contributed by atoms with Gasteiger partial charge in [0, 0.05) is 38.6 Å². The molecule has 0 aromatic carbocycles. The van der Waals surface area contributed by atoms with Crippen LogP contribution in [0.25, 0.3) is 0 Å². The van der Waals surface area contributed by atoms with E-state index in [9.17, 15) is 13.2 Å². The molecule has 2 atom stereocenters. The summed E-state index contributed by atoms with van der Waals surface area (Å²) in [7, 11) is 0.535. The van der Waals surface area contributed by atoms with Crippen molar-refractivity contribution in [3.05, 3.63) is 17.5 Å². The summed E-state index contributed by atoms with van der Waals surface area (Å²) in [6, 6.07) is 3.36. The van der Waals surface area contributed by atoms with Crippen LogP contribution in [0, 0.1) is 11.8 Å². The predicted octanol–water partition coefficient (Wildman–Crippen LogP) is 0.389. The first-order valence-electron chi connectivity index (χ1n) is 7.37. The van der Waals surface area contributed by atoms with Crippen molar-refractivity contribution in [3.63, 3.8) is 0 Å². The van der Waals surface area contributed by atoms with Gasteiger partial charge in [-0.2, -0.15) is 4.31 Å². The summed E-state index contributed by atoms with van der Waals surface area (Å²) in [5.74, 6) is 0.0667. The molecule has 22 heavy (non-hydrogen) atoms. The molecule has 2 saturated heterocycles. The Labute approximate surface area is 135 Å².